The van der Waals surface area contributed by atoms with Gasteiger partial charge in [0, 0.05) is 24.8 Å². The van der Waals surface area contributed by atoms with E-state index >= 15 is 0 Å². The van der Waals surface area contributed by atoms with Gasteiger partial charge >= 0.3 is 0 Å². The van der Waals surface area contributed by atoms with Crippen LogP contribution in [0.2, 0.25) is 0 Å². The van der Waals surface area contributed by atoms with E-state index < -0.39 is 0 Å². The standard InChI is InChI=1S/C12H16N4O/c1-8(6-13)7-16(3)12(17)10-4-9(2)15-11(14)5-10/h4-5,8H,7H2,1-3H3,(H2,14,15). The Labute approximate surface area is 101 Å². The molecule has 0 spiro atoms. The molecule has 0 bridgehead atoms. The highest BCUT2D eigenvalue weighted by Crippen LogP contribution is 2.10. The quantitative estimate of drug-likeness (QED) is 0.848. The molecule has 1 aromatic heterocycles. The zero-order valence-electron chi connectivity index (χ0n) is 10.3. The lowest BCUT2D eigenvalue weighted by atomic mass is 10.1. The van der Waals surface area contributed by atoms with Gasteiger partial charge in [-0.1, -0.05) is 0 Å². The molecule has 0 aliphatic heterocycles. The number of nitrogens with two attached hydrogens (primary N) is 1. The first-order chi connectivity index (χ1) is 7.93. The summed E-state index contributed by atoms with van der Waals surface area (Å²) in [6.45, 7) is 3.96. The Kier molecular flexibility index (Phi) is 4.05. The van der Waals surface area contributed by atoms with Gasteiger partial charge in [-0.05, 0) is 26.0 Å². The van der Waals surface area contributed by atoms with E-state index in [9.17, 15) is 4.79 Å². The van der Waals surface area contributed by atoms with Crippen molar-refractivity contribution in [2.75, 3.05) is 19.3 Å². The van der Waals surface area contributed by atoms with Gasteiger partial charge in [0.15, 0.2) is 0 Å². The van der Waals surface area contributed by atoms with Crippen molar-refractivity contribution in [1.29, 1.82) is 5.26 Å². The Balaban J connectivity index is 2.86. The third-order valence-corrected chi connectivity index (χ3v) is 2.33. The lowest BCUT2D eigenvalue weighted by Gasteiger charge is -2.18. The van der Waals surface area contributed by atoms with Crippen LogP contribution in [0.3, 0.4) is 0 Å². The first kappa shape index (κ1) is 13.0. The van der Waals surface area contributed by atoms with Crippen molar-refractivity contribution in [2.45, 2.75) is 13.8 Å². The van der Waals surface area contributed by atoms with Crippen LogP contribution in [0.4, 0.5) is 5.82 Å². The second kappa shape index (κ2) is 5.30. The summed E-state index contributed by atoms with van der Waals surface area (Å²) in [5.74, 6) is -0.0105. The van der Waals surface area contributed by atoms with E-state index in [1.165, 1.54) is 4.90 Å². The average molecular weight is 232 g/mol. The minimum atomic E-state index is -0.191. The number of rotatable bonds is 3. The summed E-state index contributed by atoms with van der Waals surface area (Å²) in [6, 6.07) is 5.33. The molecule has 0 fully saturated rings. The molecule has 17 heavy (non-hydrogen) atoms. The topological polar surface area (TPSA) is 83.0 Å². The highest BCUT2D eigenvalue weighted by atomic mass is 16.2. The molecule has 0 aliphatic rings. The molecule has 0 saturated heterocycles. The van der Waals surface area contributed by atoms with Crippen molar-refractivity contribution in [3.05, 3.63) is 23.4 Å². The Morgan fingerprint density at radius 1 is 1.65 bits per heavy atom. The maximum Gasteiger partial charge on any atom is 0.253 e. The van der Waals surface area contributed by atoms with E-state index in [1.54, 1.807) is 33.0 Å². The summed E-state index contributed by atoms with van der Waals surface area (Å²) in [5.41, 5.74) is 6.80. The molecular formula is C12H16N4O. The number of pyridine rings is 1. The third kappa shape index (κ3) is 3.45. The molecule has 2 N–H and O–H groups in total. The molecule has 1 unspecified atom stereocenters. The fraction of sp³-hybridized carbons (Fsp3) is 0.417. The van der Waals surface area contributed by atoms with Crippen LogP contribution < -0.4 is 5.73 Å². The van der Waals surface area contributed by atoms with E-state index in [-0.39, 0.29) is 11.8 Å². The van der Waals surface area contributed by atoms with Crippen LogP contribution >= 0.6 is 0 Å². The SMILES string of the molecule is Cc1cc(C(=O)N(C)CC(C)C#N)cc(N)n1. The number of carbonyl (C=O) groups is 1. The summed E-state index contributed by atoms with van der Waals surface area (Å²) < 4.78 is 0. The molecule has 5 nitrogen and oxygen atoms in total. The number of nitrogen functional groups attached to an aromatic ring is 1. The normalized spacial score (nSPS) is 11.6. The first-order valence-electron chi connectivity index (χ1n) is 5.33. The predicted molar refractivity (Wildman–Crippen MR) is 65.1 cm³/mol. The fourth-order valence-corrected chi connectivity index (χ4v) is 1.57. The number of nitriles is 1. The molecule has 1 heterocycles. The van der Waals surface area contributed by atoms with Crippen LogP contribution in [-0.2, 0) is 0 Å². The van der Waals surface area contributed by atoms with Crippen molar-refractivity contribution in [3.63, 3.8) is 0 Å². The van der Waals surface area contributed by atoms with Crippen LogP contribution in [0.25, 0.3) is 0 Å². The van der Waals surface area contributed by atoms with E-state index in [4.69, 9.17) is 11.0 Å². The van der Waals surface area contributed by atoms with Gasteiger partial charge in [0.1, 0.15) is 5.82 Å². The number of anilines is 1. The summed E-state index contributed by atoms with van der Waals surface area (Å²) in [5, 5.41) is 8.71. The summed E-state index contributed by atoms with van der Waals surface area (Å²) in [7, 11) is 1.67. The minimum absolute atomic E-state index is 0.149. The lowest BCUT2D eigenvalue weighted by Crippen LogP contribution is -2.30. The fourth-order valence-electron chi connectivity index (χ4n) is 1.57. The smallest absolute Gasteiger partial charge is 0.253 e. The molecule has 1 amide bonds. The number of carbonyl (C=O) groups excluding carboxylic acids is 1. The minimum Gasteiger partial charge on any atom is -0.384 e. The van der Waals surface area contributed by atoms with Crippen molar-refractivity contribution >= 4 is 11.7 Å². The molecular weight excluding hydrogens is 216 g/mol. The van der Waals surface area contributed by atoms with E-state index in [0.29, 0.717) is 23.6 Å². The van der Waals surface area contributed by atoms with Gasteiger partial charge in [0.05, 0.1) is 12.0 Å². The second-order valence-electron chi connectivity index (χ2n) is 4.14. The largest absolute Gasteiger partial charge is 0.384 e. The number of aromatic nitrogens is 1. The van der Waals surface area contributed by atoms with Gasteiger partial charge in [-0.3, -0.25) is 4.79 Å². The molecule has 90 valence electrons. The van der Waals surface area contributed by atoms with Crippen LogP contribution in [0.1, 0.15) is 23.0 Å². The van der Waals surface area contributed by atoms with Crippen LogP contribution in [0, 0.1) is 24.2 Å². The summed E-state index contributed by atoms with van der Waals surface area (Å²) in [6.07, 6.45) is 0. The van der Waals surface area contributed by atoms with Crippen molar-refractivity contribution in [1.82, 2.24) is 9.88 Å². The number of hydrogen-bond acceptors (Lipinski definition) is 4. The second-order valence-corrected chi connectivity index (χ2v) is 4.14. The van der Waals surface area contributed by atoms with Crippen molar-refractivity contribution < 1.29 is 4.79 Å². The lowest BCUT2D eigenvalue weighted by molar-refractivity contribution is 0.0785. The van der Waals surface area contributed by atoms with Gasteiger partial charge < -0.3 is 10.6 Å². The van der Waals surface area contributed by atoms with E-state index in [0.717, 1.165) is 0 Å². The number of aryl methyl sites for hydroxylation is 1. The number of amides is 1. The van der Waals surface area contributed by atoms with Crippen LogP contribution in [-0.4, -0.2) is 29.4 Å². The van der Waals surface area contributed by atoms with E-state index in [1.807, 2.05) is 0 Å². The molecule has 5 heteroatoms. The molecule has 1 aromatic rings. The van der Waals surface area contributed by atoms with Gasteiger partial charge in [-0.2, -0.15) is 5.26 Å². The maximum absolute atomic E-state index is 12.0. The number of nitrogens with zero attached hydrogens (tertiary/aromatic N) is 3. The summed E-state index contributed by atoms with van der Waals surface area (Å²) in [4.78, 5) is 17.6. The van der Waals surface area contributed by atoms with Crippen molar-refractivity contribution in [3.8, 4) is 6.07 Å². The monoisotopic (exact) mass is 232 g/mol. The Morgan fingerprint density at radius 2 is 2.29 bits per heavy atom. The Bertz CT molecular complexity index is 444. The molecule has 0 radical (unpaired) electrons. The maximum atomic E-state index is 12.0. The molecule has 1 atom stereocenters. The molecule has 0 aliphatic carbocycles. The van der Waals surface area contributed by atoms with Crippen molar-refractivity contribution in [2.24, 2.45) is 5.92 Å². The first-order valence-corrected chi connectivity index (χ1v) is 5.33. The van der Waals surface area contributed by atoms with Crippen LogP contribution in [0.5, 0.6) is 0 Å². The highest BCUT2D eigenvalue weighted by Gasteiger charge is 2.15. The molecule has 0 aromatic carbocycles. The predicted octanol–water partition coefficient (Wildman–Crippen LogP) is 1.20. The Morgan fingerprint density at radius 3 is 2.82 bits per heavy atom. The number of hydrogen-bond donors (Lipinski definition) is 1. The van der Waals surface area contributed by atoms with Gasteiger partial charge in [0.2, 0.25) is 0 Å². The zero-order chi connectivity index (χ0) is 13.0. The molecule has 0 saturated carbocycles. The Hall–Kier alpha value is -2.09. The van der Waals surface area contributed by atoms with Gasteiger partial charge in [-0.15, -0.1) is 0 Å². The average Bonchev–Trinajstić information content (AvgIpc) is 2.26. The van der Waals surface area contributed by atoms with Gasteiger partial charge in [-0.25, -0.2) is 4.98 Å². The van der Waals surface area contributed by atoms with Gasteiger partial charge in [0.25, 0.3) is 5.91 Å². The van der Waals surface area contributed by atoms with Crippen LogP contribution in [0.15, 0.2) is 12.1 Å². The molecule has 1 rings (SSSR count). The summed E-state index contributed by atoms with van der Waals surface area (Å²) >= 11 is 0. The zero-order valence-corrected chi connectivity index (χ0v) is 10.3. The highest BCUT2D eigenvalue weighted by molar-refractivity contribution is 5.94. The third-order valence-electron chi connectivity index (χ3n) is 2.33. The van der Waals surface area contributed by atoms with E-state index in [2.05, 4.69) is 11.1 Å².